The second-order valence-corrected chi connectivity index (χ2v) is 6.43. The van der Waals surface area contributed by atoms with Crippen molar-refractivity contribution in [2.75, 3.05) is 19.7 Å². The molecular weight excluding hydrogens is 330 g/mol. The lowest BCUT2D eigenvalue weighted by molar-refractivity contribution is -0.139. The molecule has 1 aliphatic rings. The molecule has 1 unspecified atom stereocenters. The van der Waals surface area contributed by atoms with E-state index in [-0.39, 0.29) is 12.0 Å². The Balaban J connectivity index is 1.40. The van der Waals surface area contributed by atoms with Crippen LogP contribution in [0.15, 0.2) is 42.9 Å². The summed E-state index contributed by atoms with van der Waals surface area (Å²) < 4.78 is 7.80. The third-order valence-corrected chi connectivity index (χ3v) is 4.61. The number of aromatic nitrogens is 4. The maximum Gasteiger partial charge on any atom is 0.224 e. The number of benzene rings is 1. The molecule has 3 aromatic rings. The minimum atomic E-state index is -0.262. The number of imidazole rings is 1. The molecule has 134 valence electrons. The second-order valence-electron chi connectivity index (χ2n) is 6.43. The van der Waals surface area contributed by atoms with E-state index in [0.717, 1.165) is 16.7 Å². The fourth-order valence-corrected chi connectivity index (χ4v) is 3.22. The highest BCUT2D eigenvalue weighted by molar-refractivity contribution is 5.77. The molecule has 0 saturated carbocycles. The predicted octanol–water partition coefficient (Wildman–Crippen LogP) is 2.12. The van der Waals surface area contributed by atoms with E-state index in [1.54, 1.807) is 12.5 Å². The first kappa shape index (κ1) is 16.7. The van der Waals surface area contributed by atoms with Crippen molar-refractivity contribution in [2.24, 2.45) is 0 Å². The fraction of sp³-hybridized carbons (Fsp3) is 0.368. The molecule has 1 saturated heterocycles. The van der Waals surface area contributed by atoms with E-state index in [4.69, 9.17) is 4.74 Å². The summed E-state index contributed by atoms with van der Waals surface area (Å²) in [4.78, 5) is 27.6. The number of fused-ring (bicyclic) bond motifs is 1. The van der Waals surface area contributed by atoms with Crippen molar-refractivity contribution < 1.29 is 9.53 Å². The molecule has 1 amide bonds. The molecular formula is C19H21N5O2. The van der Waals surface area contributed by atoms with Gasteiger partial charge < -0.3 is 14.2 Å². The molecule has 0 radical (unpaired) electrons. The van der Waals surface area contributed by atoms with Crippen LogP contribution in [-0.4, -0.2) is 50.0 Å². The van der Waals surface area contributed by atoms with Crippen LogP contribution in [0.25, 0.3) is 11.0 Å². The molecule has 2 aromatic heterocycles. The minimum Gasteiger partial charge on any atom is -0.367 e. The van der Waals surface area contributed by atoms with Crippen LogP contribution in [0, 0.1) is 6.92 Å². The number of aryl methyl sites for hydroxylation is 2. The minimum absolute atomic E-state index is 0.115. The van der Waals surface area contributed by atoms with Gasteiger partial charge in [0.25, 0.3) is 0 Å². The second kappa shape index (κ2) is 7.21. The number of hydrogen-bond donors (Lipinski definition) is 0. The number of nitrogens with zero attached hydrogens (tertiary/aromatic N) is 5. The van der Waals surface area contributed by atoms with Gasteiger partial charge in [-0.1, -0.05) is 12.1 Å². The zero-order valence-corrected chi connectivity index (χ0v) is 14.7. The van der Waals surface area contributed by atoms with E-state index in [1.165, 1.54) is 0 Å². The zero-order chi connectivity index (χ0) is 17.9. The quantitative estimate of drug-likeness (QED) is 0.720. The average Bonchev–Trinajstić information content (AvgIpc) is 3.09. The molecule has 1 atom stereocenters. The fourth-order valence-electron chi connectivity index (χ4n) is 3.22. The van der Waals surface area contributed by atoms with Gasteiger partial charge in [-0.2, -0.15) is 0 Å². The zero-order valence-electron chi connectivity index (χ0n) is 14.7. The molecule has 0 spiro atoms. The topological polar surface area (TPSA) is 73.1 Å². The number of hydrogen-bond acceptors (Lipinski definition) is 5. The Hall–Kier alpha value is -2.80. The molecule has 1 fully saturated rings. The van der Waals surface area contributed by atoms with Gasteiger partial charge in [-0.3, -0.25) is 4.79 Å². The molecule has 0 N–H and O–H groups in total. The molecule has 0 aliphatic carbocycles. The Morgan fingerprint density at radius 3 is 3.04 bits per heavy atom. The maximum atomic E-state index is 12.7. The van der Waals surface area contributed by atoms with E-state index in [0.29, 0.717) is 38.5 Å². The Kier molecular flexibility index (Phi) is 4.62. The van der Waals surface area contributed by atoms with Crippen LogP contribution in [-0.2, 0) is 16.1 Å². The smallest absolute Gasteiger partial charge is 0.224 e. The van der Waals surface area contributed by atoms with E-state index < -0.39 is 0 Å². The van der Waals surface area contributed by atoms with Gasteiger partial charge in [0.05, 0.1) is 30.5 Å². The highest BCUT2D eigenvalue weighted by Crippen LogP contribution is 2.20. The molecule has 1 aromatic carbocycles. The summed E-state index contributed by atoms with van der Waals surface area (Å²) in [7, 11) is 0. The summed E-state index contributed by atoms with van der Waals surface area (Å²) in [5, 5.41) is 0. The number of morpholine rings is 1. The van der Waals surface area contributed by atoms with Crippen molar-refractivity contribution in [1.29, 1.82) is 0 Å². The molecule has 1 aliphatic heterocycles. The normalized spacial score (nSPS) is 17.6. The molecule has 0 bridgehead atoms. The Morgan fingerprint density at radius 2 is 2.15 bits per heavy atom. The monoisotopic (exact) mass is 351 g/mol. The number of ether oxygens (including phenoxy) is 1. The van der Waals surface area contributed by atoms with Gasteiger partial charge in [-0.25, -0.2) is 15.0 Å². The first-order valence-electron chi connectivity index (χ1n) is 8.79. The van der Waals surface area contributed by atoms with Crippen LogP contribution in [0.4, 0.5) is 0 Å². The van der Waals surface area contributed by atoms with E-state index in [9.17, 15) is 4.79 Å². The van der Waals surface area contributed by atoms with E-state index in [1.807, 2.05) is 46.7 Å². The van der Waals surface area contributed by atoms with E-state index >= 15 is 0 Å². The summed E-state index contributed by atoms with van der Waals surface area (Å²) in [6, 6.07) is 9.79. The molecule has 3 heterocycles. The van der Waals surface area contributed by atoms with Gasteiger partial charge in [0.15, 0.2) is 5.82 Å². The van der Waals surface area contributed by atoms with Crippen LogP contribution >= 0.6 is 0 Å². The average molecular weight is 351 g/mol. The predicted molar refractivity (Wildman–Crippen MR) is 96.4 cm³/mol. The lowest BCUT2D eigenvalue weighted by Gasteiger charge is -2.32. The summed E-state index contributed by atoms with van der Waals surface area (Å²) >= 11 is 0. The first-order chi connectivity index (χ1) is 12.7. The lowest BCUT2D eigenvalue weighted by atomic mass is 10.2. The van der Waals surface area contributed by atoms with Crippen LogP contribution in [0.5, 0.6) is 0 Å². The van der Waals surface area contributed by atoms with Crippen LogP contribution in [0.2, 0.25) is 0 Å². The number of carbonyl (C=O) groups excluding carboxylic acids is 1. The number of rotatable bonds is 4. The van der Waals surface area contributed by atoms with Crippen molar-refractivity contribution in [3.63, 3.8) is 0 Å². The van der Waals surface area contributed by atoms with Gasteiger partial charge in [0.1, 0.15) is 6.10 Å². The highest BCUT2D eigenvalue weighted by Gasteiger charge is 2.27. The van der Waals surface area contributed by atoms with Crippen LogP contribution in [0.1, 0.15) is 24.0 Å². The van der Waals surface area contributed by atoms with Gasteiger partial charge in [0.2, 0.25) is 5.91 Å². The molecule has 26 heavy (non-hydrogen) atoms. The summed E-state index contributed by atoms with van der Waals surface area (Å²) in [6.07, 6.45) is 3.69. The molecule has 7 heteroatoms. The van der Waals surface area contributed by atoms with Gasteiger partial charge in [-0.15, -0.1) is 0 Å². The van der Waals surface area contributed by atoms with Crippen molar-refractivity contribution in [1.82, 2.24) is 24.4 Å². The number of amides is 1. The Labute approximate surface area is 151 Å². The maximum absolute atomic E-state index is 12.7. The molecule has 7 nitrogen and oxygen atoms in total. The standard InChI is InChI=1S/C19H21N5O2/c1-14-6-8-20-19(22-14)17-12-23(10-11-26-17)18(25)7-9-24-13-21-15-4-2-3-5-16(15)24/h2-6,8,13,17H,7,9-12H2,1H3. The Morgan fingerprint density at radius 1 is 1.27 bits per heavy atom. The third-order valence-electron chi connectivity index (χ3n) is 4.61. The van der Waals surface area contributed by atoms with Gasteiger partial charge in [0, 0.05) is 31.4 Å². The van der Waals surface area contributed by atoms with Crippen molar-refractivity contribution in [3.05, 3.63) is 54.4 Å². The number of carbonyl (C=O) groups is 1. The van der Waals surface area contributed by atoms with Crippen molar-refractivity contribution in [3.8, 4) is 0 Å². The first-order valence-corrected chi connectivity index (χ1v) is 8.79. The SMILES string of the molecule is Cc1ccnc(C2CN(C(=O)CCn3cnc4ccccc43)CCO2)n1. The van der Waals surface area contributed by atoms with E-state index in [2.05, 4.69) is 15.0 Å². The highest BCUT2D eigenvalue weighted by atomic mass is 16.5. The molecule has 4 rings (SSSR count). The van der Waals surface area contributed by atoms with Crippen LogP contribution < -0.4 is 0 Å². The van der Waals surface area contributed by atoms with Gasteiger partial charge >= 0.3 is 0 Å². The number of para-hydroxylation sites is 2. The lowest BCUT2D eigenvalue weighted by Crippen LogP contribution is -2.43. The van der Waals surface area contributed by atoms with Crippen molar-refractivity contribution in [2.45, 2.75) is 26.0 Å². The summed E-state index contributed by atoms with van der Waals surface area (Å²) in [5.74, 6) is 0.756. The third kappa shape index (κ3) is 3.43. The van der Waals surface area contributed by atoms with Crippen LogP contribution in [0.3, 0.4) is 0 Å². The summed E-state index contributed by atoms with van der Waals surface area (Å²) in [5.41, 5.74) is 2.89. The largest absolute Gasteiger partial charge is 0.367 e. The Bertz CT molecular complexity index is 923. The van der Waals surface area contributed by atoms with Crippen molar-refractivity contribution >= 4 is 16.9 Å². The summed E-state index contributed by atoms with van der Waals surface area (Å²) in [6.45, 7) is 4.13. The van der Waals surface area contributed by atoms with Gasteiger partial charge in [-0.05, 0) is 25.1 Å².